The van der Waals surface area contributed by atoms with Crippen LogP contribution in [0.1, 0.15) is 34.4 Å². The highest BCUT2D eigenvalue weighted by atomic mass is 16.6. The van der Waals surface area contributed by atoms with Crippen molar-refractivity contribution in [3.05, 3.63) is 46.9 Å². The summed E-state index contributed by atoms with van der Waals surface area (Å²) in [6, 6.07) is 7.20. The van der Waals surface area contributed by atoms with E-state index < -0.39 is 5.97 Å². The van der Waals surface area contributed by atoms with Crippen LogP contribution < -0.4 is 9.47 Å². The first-order valence-corrected chi connectivity index (χ1v) is 7.82. The fraction of sp³-hybridized carbons (Fsp3) is 0.333. The highest BCUT2D eigenvalue weighted by molar-refractivity contribution is 5.98. The average Bonchev–Trinajstić information content (AvgIpc) is 3.01. The Labute approximate surface area is 145 Å². The number of furan rings is 1. The highest BCUT2D eigenvalue weighted by Crippen LogP contribution is 2.31. The van der Waals surface area contributed by atoms with Gasteiger partial charge in [-0.05, 0) is 38.1 Å². The molecule has 1 aliphatic rings. The number of fused-ring (bicyclic) bond motifs is 1. The van der Waals surface area contributed by atoms with Gasteiger partial charge in [0.15, 0.2) is 18.1 Å². The first kappa shape index (κ1) is 16.9. The molecule has 25 heavy (non-hydrogen) atoms. The molecule has 0 saturated heterocycles. The molecule has 1 aromatic heterocycles. The minimum absolute atomic E-state index is 0.111. The molecule has 0 N–H and O–H groups in total. The Morgan fingerprint density at radius 2 is 1.96 bits per heavy atom. The molecule has 7 heteroatoms. The van der Waals surface area contributed by atoms with Crippen LogP contribution in [0.15, 0.2) is 33.8 Å². The Kier molecular flexibility index (Phi) is 4.92. The summed E-state index contributed by atoms with van der Waals surface area (Å²) in [4.78, 5) is 16.9. The first-order chi connectivity index (χ1) is 12.1. The third-order valence-electron chi connectivity index (χ3n) is 3.74. The third-order valence-corrected chi connectivity index (χ3v) is 3.74. The van der Waals surface area contributed by atoms with E-state index in [4.69, 9.17) is 18.7 Å². The van der Waals surface area contributed by atoms with Gasteiger partial charge in [0, 0.05) is 5.56 Å². The molecule has 7 nitrogen and oxygen atoms in total. The molecule has 0 fully saturated rings. The Balaban J connectivity index is 1.65. The van der Waals surface area contributed by atoms with E-state index in [0.29, 0.717) is 41.8 Å². The van der Waals surface area contributed by atoms with Crippen LogP contribution in [0.3, 0.4) is 0 Å². The van der Waals surface area contributed by atoms with Gasteiger partial charge in [-0.3, -0.25) is 0 Å². The quantitative estimate of drug-likeness (QED) is 0.471. The minimum atomic E-state index is -0.441. The van der Waals surface area contributed by atoms with Crippen molar-refractivity contribution in [1.82, 2.24) is 0 Å². The third kappa shape index (κ3) is 3.76. The van der Waals surface area contributed by atoms with E-state index in [9.17, 15) is 4.79 Å². The van der Waals surface area contributed by atoms with E-state index in [1.165, 1.54) is 7.11 Å². The Bertz CT molecular complexity index is 808. The SMILES string of the molecule is COC(=O)c1cc(CO/N=C(/C)c2ccc3c(c2)OCCO3)oc1C. The van der Waals surface area contributed by atoms with Crippen molar-refractivity contribution in [2.75, 3.05) is 20.3 Å². The standard InChI is InChI=1S/C18H19NO6/c1-11(13-4-5-16-17(8-13)23-7-6-22-16)19-24-10-14-9-15(12(2)25-14)18(20)21-3/h4-5,8-9H,6-7,10H2,1-3H3/b19-11-. The molecule has 3 rings (SSSR count). The second kappa shape index (κ2) is 7.29. The second-order valence-electron chi connectivity index (χ2n) is 5.48. The molecule has 2 aromatic rings. The summed E-state index contributed by atoms with van der Waals surface area (Å²) >= 11 is 0. The lowest BCUT2D eigenvalue weighted by Gasteiger charge is -2.18. The molecular formula is C18H19NO6. The van der Waals surface area contributed by atoms with Gasteiger partial charge in [0.05, 0.1) is 12.8 Å². The molecule has 1 aromatic carbocycles. The van der Waals surface area contributed by atoms with E-state index in [1.807, 2.05) is 25.1 Å². The fourth-order valence-electron chi connectivity index (χ4n) is 2.44. The summed E-state index contributed by atoms with van der Waals surface area (Å²) in [5, 5.41) is 4.09. The second-order valence-corrected chi connectivity index (χ2v) is 5.48. The number of esters is 1. The summed E-state index contributed by atoms with van der Waals surface area (Å²) in [6.07, 6.45) is 0. The van der Waals surface area contributed by atoms with E-state index >= 15 is 0 Å². The van der Waals surface area contributed by atoms with Gasteiger partial charge in [0.25, 0.3) is 0 Å². The Morgan fingerprint density at radius 1 is 1.20 bits per heavy atom. The van der Waals surface area contributed by atoms with E-state index in [-0.39, 0.29) is 6.61 Å². The van der Waals surface area contributed by atoms with Crippen molar-refractivity contribution in [1.29, 1.82) is 0 Å². The maximum Gasteiger partial charge on any atom is 0.341 e. The molecule has 0 aliphatic carbocycles. The average molecular weight is 345 g/mol. The molecular weight excluding hydrogens is 326 g/mol. The molecule has 0 spiro atoms. The summed E-state index contributed by atoms with van der Waals surface area (Å²) in [7, 11) is 1.33. The lowest BCUT2D eigenvalue weighted by atomic mass is 10.1. The number of carbonyl (C=O) groups excluding carboxylic acids is 1. The summed E-state index contributed by atoms with van der Waals surface area (Å²) in [5.74, 6) is 1.96. The number of oxime groups is 1. The van der Waals surface area contributed by atoms with Gasteiger partial charge in [0.2, 0.25) is 0 Å². The van der Waals surface area contributed by atoms with E-state index in [0.717, 1.165) is 11.3 Å². The van der Waals surface area contributed by atoms with Gasteiger partial charge in [-0.2, -0.15) is 0 Å². The molecule has 2 heterocycles. The maximum atomic E-state index is 11.6. The molecule has 1 aliphatic heterocycles. The van der Waals surface area contributed by atoms with Gasteiger partial charge >= 0.3 is 5.97 Å². The van der Waals surface area contributed by atoms with Crippen molar-refractivity contribution in [2.45, 2.75) is 20.5 Å². The zero-order chi connectivity index (χ0) is 17.8. The molecule has 0 saturated carbocycles. The van der Waals surface area contributed by atoms with Gasteiger partial charge in [-0.15, -0.1) is 0 Å². The van der Waals surface area contributed by atoms with Gasteiger partial charge in [0.1, 0.15) is 30.3 Å². The molecule has 0 amide bonds. The lowest BCUT2D eigenvalue weighted by molar-refractivity contribution is 0.0599. The monoisotopic (exact) mass is 345 g/mol. The van der Waals surface area contributed by atoms with E-state index in [2.05, 4.69) is 9.89 Å². The van der Waals surface area contributed by atoms with Crippen LogP contribution in [0.25, 0.3) is 0 Å². The fourth-order valence-corrected chi connectivity index (χ4v) is 2.44. The number of hydrogen-bond acceptors (Lipinski definition) is 7. The molecule has 0 radical (unpaired) electrons. The van der Waals surface area contributed by atoms with Crippen LogP contribution >= 0.6 is 0 Å². The van der Waals surface area contributed by atoms with Gasteiger partial charge in [-0.1, -0.05) is 5.16 Å². The van der Waals surface area contributed by atoms with Crippen molar-refractivity contribution in [2.24, 2.45) is 5.16 Å². The number of nitrogens with zero attached hydrogens (tertiary/aromatic N) is 1. The zero-order valence-corrected chi connectivity index (χ0v) is 14.3. The van der Waals surface area contributed by atoms with Crippen molar-refractivity contribution in [3.63, 3.8) is 0 Å². The normalized spacial score (nSPS) is 13.5. The van der Waals surface area contributed by atoms with Crippen LogP contribution in [0.5, 0.6) is 11.5 Å². The molecule has 0 bridgehead atoms. The maximum absolute atomic E-state index is 11.6. The van der Waals surface area contributed by atoms with Gasteiger partial charge < -0.3 is 23.5 Å². The highest BCUT2D eigenvalue weighted by Gasteiger charge is 2.16. The number of aryl methyl sites for hydroxylation is 1. The minimum Gasteiger partial charge on any atom is -0.486 e. The largest absolute Gasteiger partial charge is 0.486 e. The number of carbonyl (C=O) groups is 1. The number of methoxy groups -OCH3 is 1. The van der Waals surface area contributed by atoms with Crippen LogP contribution in [0.2, 0.25) is 0 Å². The van der Waals surface area contributed by atoms with Crippen molar-refractivity contribution < 1.29 is 28.3 Å². The zero-order valence-electron chi connectivity index (χ0n) is 14.3. The number of hydrogen-bond donors (Lipinski definition) is 0. The first-order valence-electron chi connectivity index (χ1n) is 7.82. The predicted molar refractivity (Wildman–Crippen MR) is 89.2 cm³/mol. The summed E-state index contributed by atoms with van der Waals surface area (Å²) in [6.45, 7) is 4.72. The van der Waals surface area contributed by atoms with Gasteiger partial charge in [-0.25, -0.2) is 4.79 Å². The topological polar surface area (TPSA) is 79.5 Å². The summed E-state index contributed by atoms with van der Waals surface area (Å²) in [5.41, 5.74) is 1.94. The molecule has 0 unspecified atom stereocenters. The van der Waals surface area contributed by atoms with Crippen molar-refractivity contribution in [3.8, 4) is 11.5 Å². The van der Waals surface area contributed by atoms with E-state index in [1.54, 1.807) is 13.0 Å². The van der Waals surface area contributed by atoms with Crippen LogP contribution in [-0.4, -0.2) is 32.0 Å². The predicted octanol–water partition coefficient (Wildman–Crippen LogP) is 3.09. The smallest absolute Gasteiger partial charge is 0.341 e. The Morgan fingerprint density at radius 3 is 2.72 bits per heavy atom. The lowest BCUT2D eigenvalue weighted by Crippen LogP contribution is -2.15. The van der Waals surface area contributed by atoms with Crippen LogP contribution in [-0.2, 0) is 16.2 Å². The molecule has 0 atom stereocenters. The number of ether oxygens (including phenoxy) is 3. The van der Waals surface area contributed by atoms with Crippen LogP contribution in [0.4, 0.5) is 0 Å². The molecule has 132 valence electrons. The Hall–Kier alpha value is -2.96. The van der Waals surface area contributed by atoms with Crippen LogP contribution in [0, 0.1) is 6.92 Å². The van der Waals surface area contributed by atoms with Crippen molar-refractivity contribution >= 4 is 11.7 Å². The summed E-state index contributed by atoms with van der Waals surface area (Å²) < 4.78 is 21.2. The number of benzene rings is 1. The number of rotatable bonds is 5.